The fourth-order valence-corrected chi connectivity index (χ4v) is 10.4. The number of nitrogens with one attached hydrogen (secondary N) is 2. The van der Waals surface area contributed by atoms with Crippen molar-refractivity contribution >= 4 is 188 Å². The number of rotatable bonds is 6. The third-order valence-corrected chi connectivity index (χ3v) is 17.3. The van der Waals surface area contributed by atoms with Crippen LogP contribution >= 0.6 is 121 Å². The number of terminal acetylenes is 1. The van der Waals surface area contributed by atoms with Gasteiger partial charge in [-0.15, -0.1) is 6.42 Å². The summed E-state index contributed by atoms with van der Waals surface area (Å²) in [5, 5.41) is 43.7. The second-order valence-corrected chi connectivity index (χ2v) is 25.7. The first kappa shape index (κ1) is 81.3. The Morgan fingerprint density at radius 2 is 0.903 bits per heavy atom. The van der Waals surface area contributed by atoms with Gasteiger partial charge in [0.25, 0.3) is 11.4 Å². The van der Waals surface area contributed by atoms with Gasteiger partial charge in [-0.1, -0.05) is 242 Å². The lowest BCUT2D eigenvalue weighted by Gasteiger charge is -2.02. The monoisotopic (exact) mass is 1680 g/mol. The molecule has 1 aliphatic rings. The van der Waals surface area contributed by atoms with E-state index in [4.69, 9.17) is 110 Å². The molecule has 516 valence electrons. The Balaban J connectivity index is 0.000000195. The summed E-state index contributed by atoms with van der Waals surface area (Å²) in [5.74, 6) is 24.8. The van der Waals surface area contributed by atoms with Gasteiger partial charge in [0.05, 0.1) is 73.7 Å². The fourth-order valence-electron chi connectivity index (χ4n) is 8.07. The van der Waals surface area contributed by atoms with Crippen molar-refractivity contribution in [2.45, 2.75) is 11.6 Å². The van der Waals surface area contributed by atoms with Crippen LogP contribution in [-0.4, -0.2) is 58.0 Å². The Labute approximate surface area is 649 Å². The molecule has 2 heterocycles. The number of carbonyl (C=O) groups is 2. The molecular formula is C77H54BrCl5IN9O8S2. The topological polar surface area (TPSA) is 306 Å². The van der Waals surface area contributed by atoms with Gasteiger partial charge in [0.1, 0.15) is 16.7 Å². The number of H-pyrrole nitrogens is 1. The summed E-state index contributed by atoms with van der Waals surface area (Å²) in [6.45, 7) is 0. The molecule has 0 saturated carbocycles. The Hall–Kier alpha value is -10.7. The van der Waals surface area contributed by atoms with Crippen LogP contribution in [0.5, 0.6) is 0 Å². The zero-order valence-corrected chi connectivity index (χ0v) is 62.5. The van der Waals surface area contributed by atoms with Crippen LogP contribution in [0.2, 0.25) is 25.1 Å². The summed E-state index contributed by atoms with van der Waals surface area (Å²) >= 11 is 41.1. The van der Waals surface area contributed by atoms with Crippen molar-refractivity contribution in [3.63, 3.8) is 0 Å². The highest BCUT2D eigenvalue weighted by Gasteiger charge is 2.18. The minimum atomic E-state index is -0.886. The first-order chi connectivity index (χ1) is 49.3. The lowest BCUT2D eigenvalue weighted by molar-refractivity contribution is -0.384. The van der Waals surface area contributed by atoms with Gasteiger partial charge in [-0.25, -0.2) is 4.98 Å². The molecule has 0 atom stereocenters. The van der Waals surface area contributed by atoms with E-state index in [0.29, 0.717) is 67.4 Å². The highest BCUT2D eigenvalue weighted by Crippen LogP contribution is 2.33. The molecule has 10 aromatic carbocycles. The largest absolute Gasteiger partial charge is 0.481 e. The van der Waals surface area contributed by atoms with Crippen LogP contribution in [0.1, 0.15) is 55.6 Å². The first-order valence-corrected chi connectivity index (χ1v) is 35.0. The third kappa shape index (κ3) is 27.6. The van der Waals surface area contributed by atoms with Gasteiger partial charge in [0.15, 0.2) is 5.16 Å². The van der Waals surface area contributed by atoms with Crippen LogP contribution in [0.4, 0.5) is 39.8 Å². The summed E-state index contributed by atoms with van der Waals surface area (Å²) < 4.78 is 0.621. The number of nitro benzene ring substituents is 2. The molecule has 12 N–H and O–H groups in total. The average molecular weight is 1680 g/mol. The Kier molecular flexibility index (Phi) is 33.1. The summed E-state index contributed by atoms with van der Waals surface area (Å²) in [5.41, 5.74) is 33.8. The zero-order valence-electron chi connectivity index (χ0n) is 53.4. The minimum Gasteiger partial charge on any atom is -0.481 e. The number of nitro groups is 2. The fraction of sp³-hybridized carbons (Fsp3) is 0.0390. The molecule has 12 rings (SSSR count). The van der Waals surface area contributed by atoms with E-state index in [1.54, 1.807) is 18.2 Å². The predicted octanol–water partition coefficient (Wildman–Crippen LogP) is 18.5. The number of carboxylic acid groups (broad SMARTS) is 2. The number of hydrogen-bond acceptors (Lipinski definition) is 13. The van der Waals surface area contributed by atoms with Gasteiger partial charge in [-0.2, -0.15) is 0 Å². The molecule has 103 heavy (non-hydrogen) atoms. The number of thiocarbonyl (C=S) groups is 1. The normalized spacial score (nSPS) is 10.0. The lowest BCUT2D eigenvalue weighted by Crippen LogP contribution is -2.00. The third-order valence-electron chi connectivity index (χ3n) is 13.0. The lowest BCUT2D eigenvalue weighted by atomic mass is 10.1. The number of hydrogen-bond donors (Lipinski definition) is 8. The number of alkyl halides is 1. The van der Waals surface area contributed by atoms with E-state index in [-0.39, 0.29) is 33.8 Å². The molecule has 1 aromatic heterocycles. The van der Waals surface area contributed by atoms with E-state index in [0.717, 1.165) is 73.3 Å². The number of aliphatic carboxylic acids is 2. The van der Waals surface area contributed by atoms with E-state index in [2.05, 4.69) is 84.5 Å². The van der Waals surface area contributed by atoms with E-state index in [9.17, 15) is 29.8 Å². The van der Waals surface area contributed by atoms with Crippen LogP contribution in [0.25, 0.3) is 11.0 Å². The number of nitrogens with two attached hydrogens (primary N) is 4. The summed E-state index contributed by atoms with van der Waals surface area (Å²) in [6.07, 6.45) is 5.87. The number of benzene rings is 10. The Morgan fingerprint density at radius 3 is 1.32 bits per heavy atom. The van der Waals surface area contributed by atoms with Gasteiger partial charge >= 0.3 is 11.9 Å². The highest BCUT2D eigenvalue weighted by molar-refractivity contribution is 14.1. The van der Waals surface area contributed by atoms with Gasteiger partial charge in [-0.3, -0.25) is 29.8 Å². The molecule has 11 aromatic rings. The number of thioether (sulfide) groups is 1. The molecule has 0 unspecified atom stereocenters. The van der Waals surface area contributed by atoms with Crippen molar-refractivity contribution in [3.8, 4) is 59.7 Å². The van der Waals surface area contributed by atoms with Crippen molar-refractivity contribution in [2.75, 3.05) is 39.3 Å². The number of aromatic nitrogens is 2. The summed E-state index contributed by atoms with van der Waals surface area (Å²) in [4.78, 5) is 48.2. The van der Waals surface area contributed by atoms with Crippen LogP contribution in [0.3, 0.4) is 0 Å². The molecule has 1 aliphatic heterocycles. The number of halogens is 7. The Bertz CT molecular complexity index is 5200. The summed E-state index contributed by atoms with van der Waals surface area (Å²) in [6, 6.07) is 64.2. The van der Waals surface area contributed by atoms with Crippen molar-refractivity contribution in [1.82, 2.24) is 9.97 Å². The van der Waals surface area contributed by atoms with E-state index < -0.39 is 21.8 Å². The molecule has 0 bridgehead atoms. The SMILES string of the molecule is C#Cc1ccccc1.Nc1cc(Cl)c(C#Cc2ccccc2)cc1N.Nc1cc(Cl)c(C#Cc2ccccc2)cc1[N+](=O)[O-].Nc1cc(Cl)c(I)cc1[N+](=O)[O-].O=C(O)CBr.O=C(O)CSc1nc2cc(Cl)c(C#Cc3ccccc3)cc2[nH]1.S=C1Cc2cc(C#Cc3ccccc3)c(Cl)cc2N1. The number of fused-ring (bicyclic) bond motifs is 2. The number of nitrogen functional groups attached to an aromatic ring is 4. The van der Waals surface area contributed by atoms with Crippen LogP contribution in [0.15, 0.2) is 217 Å². The zero-order chi connectivity index (χ0) is 75.0. The quantitative estimate of drug-likeness (QED) is 0.0112. The van der Waals surface area contributed by atoms with Gasteiger partial charge in [0.2, 0.25) is 0 Å². The van der Waals surface area contributed by atoms with Crippen LogP contribution in [-0.2, 0) is 16.0 Å². The second-order valence-electron chi connectivity index (χ2n) is 20.5. The van der Waals surface area contributed by atoms with Crippen molar-refractivity contribution in [3.05, 3.63) is 317 Å². The average Bonchev–Trinajstić information content (AvgIpc) is 1.62. The van der Waals surface area contributed by atoms with Gasteiger partial charge in [-0.05, 0) is 137 Å². The van der Waals surface area contributed by atoms with Crippen LogP contribution in [0, 0.1) is 83.5 Å². The Morgan fingerprint density at radius 1 is 0.534 bits per heavy atom. The summed E-state index contributed by atoms with van der Waals surface area (Å²) in [7, 11) is 0. The molecule has 26 heteroatoms. The maximum Gasteiger partial charge on any atom is 0.314 e. The molecule has 17 nitrogen and oxygen atoms in total. The molecule has 0 amide bonds. The molecule has 0 saturated heterocycles. The van der Waals surface area contributed by atoms with Crippen molar-refractivity contribution in [1.29, 1.82) is 0 Å². The molecular weight excluding hydrogens is 1630 g/mol. The maximum atomic E-state index is 10.8. The molecule has 0 aliphatic carbocycles. The first-order valence-electron chi connectivity index (χ1n) is 29.5. The smallest absolute Gasteiger partial charge is 0.314 e. The van der Waals surface area contributed by atoms with Crippen molar-refractivity contribution in [2.24, 2.45) is 0 Å². The molecule has 0 fully saturated rings. The number of nitrogens with zero attached hydrogens (tertiary/aromatic N) is 3. The molecule has 0 radical (unpaired) electrons. The van der Waals surface area contributed by atoms with E-state index >= 15 is 0 Å². The van der Waals surface area contributed by atoms with Gasteiger partial charge < -0.3 is 43.4 Å². The van der Waals surface area contributed by atoms with Gasteiger partial charge in [0, 0.05) is 72.3 Å². The highest BCUT2D eigenvalue weighted by atomic mass is 127. The minimum absolute atomic E-state index is 0.0280. The number of carboxylic acids is 2. The molecule has 0 spiro atoms. The van der Waals surface area contributed by atoms with E-state index in [1.807, 2.05) is 192 Å². The van der Waals surface area contributed by atoms with Crippen molar-refractivity contribution < 1.29 is 29.6 Å². The number of imidazole rings is 1. The maximum absolute atomic E-state index is 10.8. The van der Waals surface area contributed by atoms with E-state index in [1.165, 1.54) is 24.3 Å². The number of aromatic amines is 1. The predicted molar refractivity (Wildman–Crippen MR) is 434 cm³/mol. The second kappa shape index (κ2) is 41.9. The van der Waals surface area contributed by atoms with Crippen LogP contribution < -0.4 is 28.3 Å². The standard InChI is InChI=1S/C17H11ClN2O2S.C16H10ClNS.C14H9ClN2O2.C14H11ClN2.C8H6.C6H4ClIN2O2.C2H3BrO2/c18-13-9-15-14(19-17(20-15)23-10-16(21)22)8-12(13)7-6-11-4-2-1-3-5-11;17-14-10-15-13(9-16(19)18-15)8-12(14)7-6-11-4-2-1-3-5-11;15-12-9-13(16)14(17(18)19)8-11(12)7-6-10-4-2-1-3-5-10;15-12-9-14(17)13(16)8-11(12)7-6-10-4-2-1-3-5-10;1-2-8-6-4-3-5-7-8;7-3-1-5(9)6(10(11)12)2-4(3)8;3-1-2(4)5/h1-5,8-9H,10H2,(H,19,20)(H,21,22);1-5,8,10H,9H2,(H,18,19);1-5,8-9H,16H2;1-5,8-9H,16-17H2;1,3-7H;1-2H,9H2;1H2,(H,4,5). The number of anilines is 5.